The van der Waals surface area contributed by atoms with Crippen LogP contribution < -0.4 is 11.1 Å². The molecule has 19 heavy (non-hydrogen) atoms. The Kier molecular flexibility index (Phi) is 6.02. The molecule has 0 aliphatic carbocycles. The van der Waals surface area contributed by atoms with Gasteiger partial charge in [0.15, 0.2) is 0 Å². The molecule has 3 N–H and O–H groups in total. The Morgan fingerprint density at radius 3 is 2.42 bits per heavy atom. The molecule has 0 saturated carbocycles. The average Bonchev–Trinajstić information content (AvgIpc) is 2.38. The summed E-state index contributed by atoms with van der Waals surface area (Å²) in [5, 5.41) is 2.74. The molecule has 0 aliphatic rings. The lowest BCUT2D eigenvalue weighted by Crippen LogP contribution is -2.47. The standard InChI is InChI=1S/C14H21N3O2/c1-17(2)14(19)12(16-13(18)8-9-15)10-11-6-4-3-5-7-11/h3-7,12H,8-10,15H2,1-2H3,(H,16,18). The molecule has 5 heteroatoms. The smallest absolute Gasteiger partial charge is 0.244 e. The van der Waals surface area contributed by atoms with Crippen LogP contribution in [0.4, 0.5) is 0 Å². The molecular weight excluding hydrogens is 242 g/mol. The number of nitrogens with zero attached hydrogens (tertiary/aromatic N) is 1. The highest BCUT2D eigenvalue weighted by atomic mass is 16.2. The molecule has 0 aromatic heterocycles. The number of hydrogen-bond donors (Lipinski definition) is 2. The van der Waals surface area contributed by atoms with Crippen molar-refractivity contribution < 1.29 is 9.59 Å². The van der Waals surface area contributed by atoms with E-state index in [1.54, 1.807) is 14.1 Å². The van der Waals surface area contributed by atoms with Gasteiger partial charge in [-0.1, -0.05) is 30.3 Å². The maximum atomic E-state index is 12.1. The van der Waals surface area contributed by atoms with E-state index in [-0.39, 0.29) is 24.8 Å². The summed E-state index contributed by atoms with van der Waals surface area (Å²) in [6, 6.07) is 9.06. The van der Waals surface area contributed by atoms with Gasteiger partial charge in [0.1, 0.15) is 6.04 Å². The highest BCUT2D eigenvalue weighted by Gasteiger charge is 2.22. The predicted molar refractivity (Wildman–Crippen MR) is 74.4 cm³/mol. The lowest BCUT2D eigenvalue weighted by molar-refractivity contribution is -0.134. The quantitative estimate of drug-likeness (QED) is 0.767. The molecule has 1 unspecified atom stereocenters. The molecule has 5 nitrogen and oxygen atoms in total. The van der Waals surface area contributed by atoms with Crippen molar-refractivity contribution in [1.29, 1.82) is 0 Å². The van der Waals surface area contributed by atoms with Crippen molar-refractivity contribution in [2.24, 2.45) is 5.73 Å². The molecule has 2 amide bonds. The summed E-state index contributed by atoms with van der Waals surface area (Å²) >= 11 is 0. The first-order chi connectivity index (χ1) is 9.04. The number of benzene rings is 1. The lowest BCUT2D eigenvalue weighted by atomic mass is 10.0. The highest BCUT2D eigenvalue weighted by molar-refractivity contribution is 5.87. The number of carbonyl (C=O) groups is 2. The number of likely N-dealkylation sites (N-methyl/N-ethyl adjacent to an activating group) is 1. The minimum absolute atomic E-state index is 0.116. The second kappa shape index (κ2) is 7.53. The summed E-state index contributed by atoms with van der Waals surface area (Å²) in [6.45, 7) is 0.278. The molecule has 0 saturated heterocycles. The van der Waals surface area contributed by atoms with Crippen molar-refractivity contribution in [1.82, 2.24) is 10.2 Å². The van der Waals surface area contributed by atoms with Crippen LogP contribution in [0.25, 0.3) is 0 Å². The molecule has 1 aromatic carbocycles. The monoisotopic (exact) mass is 263 g/mol. The second-order valence-electron chi connectivity index (χ2n) is 4.58. The number of nitrogens with two attached hydrogens (primary N) is 1. The van der Waals surface area contributed by atoms with Gasteiger partial charge in [0.05, 0.1) is 0 Å². The number of rotatable bonds is 6. The second-order valence-corrected chi connectivity index (χ2v) is 4.58. The highest BCUT2D eigenvalue weighted by Crippen LogP contribution is 2.05. The van der Waals surface area contributed by atoms with Gasteiger partial charge in [-0.2, -0.15) is 0 Å². The molecule has 1 aromatic rings. The van der Waals surface area contributed by atoms with E-state index in [4.69, 9.17) is 5.73 Å². The lowest BCUT2D eigenvalue weighted by Gasteiger charge is -2.21. The molecule has 0 aliphatic heterocycles. The van der Waals surface area contributed by atoms with Gasteiger partial charge in [0.25, 0.3) is 0 Å². The first-order valence-electron chi connectivity index (χ1n) is 6.29. The van der Waals surface area contributed by atoms with E-state index < -0.39 is 6.04 Å². The number of carbonyl (C=O) groups excluding carboxylic acids is 2. The summed E-state index contributed by atoms with van der Waals surface area (Å²) < 4.78 is 0. The fraction of sp³-hybridized carbons (Fsp3) is 0.429. The van der Waals surface area contributed by atoms with Gasteiger partial charge in [0, 0.05) is 33.5 Å². The van der Waals surface area contributed by atoms with Crippen LogP contribution in [0, 0.1) is 0 Å². The number of hydrogen-bond acceptors (Lipinski definition) is 3. The van der Waals surface area contributed by atoms with Crippen molar-refractivity contribution in [2.45, 2.75) is 18.9 Å². The van der Waals surface area contributed by atoms with Crippen molar-refractivity contribution >= 4 is 11.8 Å². The molecular formula is C14H21N3O2. The van der Waals surface area contributed by atoms with E-state index >= 15 is 0 Å². The number of amides is 2. The van der Waals surface area contributed by atoms with Gasteiger partial charge < -0.3 is 16.0 Å². The third kappa shape index (κ3) is 5.09. The van der Waals surface area contributed by atoms with E-state index in [1.165, 1.54) is 4.90 Å². The fourth-order valence-corrected chi connectivity index (χ4v) is 1.76. The minimum atomic E-state index is -0.545. The zero-order valence-electron chi connectivity index (χ0n) is 11.4. The Morgan fingerprint density at radius 1 is 1.26 bits per heavy atom. The topological polar surface area (TPSA) is 75.4 Å². The first kappa shape index (κ1) is 15.2. The van der Waals surface area contributed by atoms with Gasteiger partial charge in [-0.3, -0.25) is 9.59 Å². The van der Waals surface area contributed by atoms with Crippen molar-refractivity contribution in [2.75, 3.05) is 20.6 Å². The zero-order chi connectivity index (χ0) is 14.3. The normalized spacial score (nSPS) is 11.7. The van der Waals surface area contributed by atoms with Crippen LogP contribution in [-0.4, -0.2) is 43.4 Å². The van der Waals surface area contributed by atoms with E-state index in [2.05, 4.69) is 5.32 Å². The molecule has 0 radical (unpaired) electrons. The average molecular weight is 263 g/mol. The third-order valence-corrected chi connectivity index (χ3v) is 2.73. The van der Waals surface area contributed by atoms with Crippen molar-refractivity contribution in [3.05, 3.63) is 35.9 Å². The van der Waals surface area contributed by atoms with Gasteiger partial charge in [-0.05, 0) is 5.56 Å². The first-order valence-corrected chi connectivity index (χ1v) is 6.29. The van der Waals surface area contributed by atoms with Crippen LogP contribution in [0.2, 0.25) is 0 Å². The third-order valence-electron chi connectivity index (χ3n) is 2.73. The fourth-order valence-electron chi connectivity index (χ4n) is 1.76. The van der Waals surface area contributed by atoms with Crippen LogP contribution >= 0.6 is 0 Å². The van der Waals surface area contributed by atoms with E-state index in [0.29, 0.717) is 6.42 Å². The van der Waals surface area contributed by atoms with Crippen LogP contribution in [0.3, 0.4) is 0 Å². The maximum absolute atomic E-state index is 12.1. The molecule has 0 bridgehead atoms. The summed E-state index contributed by atoms with van der Waals surface area (Å²) in [6.07, 6.45) is 0.708. The van der Waals surface area contributed by atoms with Gasteiger partial charge in [-0.15, -0.1) is 0 Å². The summed E-state index contributed by atoms with van der Waals surface area (Å²) in [5.74, 6) is -0.312. The molecule has 1 rings (SSSR count). The molecule has 1 atom stereocenters. The van der Waals surface area contributed by atoms with Gasteiger partial charge in [-0.25, -0.2) is 0 Å². The molecule has 104 valence electrons. The SMILES string of the molecule is CN(C)C(=O)C(Cc1ccccc1)NC(=O)CCN. The van der Waals surface area contributed by atoms with E-state index in [9.17, 15) is 9.59 Å². The van der Waals surface area contributed by atoms with Crippen LogP contribution in [0.15, 0.2) is 30.3 Å². The molecule has 0 heterocycles. The Hall–Kier alpha value is -1.88. The Morgan fingerprint density at radius 2 is 1.89 bits per heavy atom. The minimum Gasteiger partial charge on any atom is -0.347 e. The van der Waals surface area contributed by atoms with E-state index in [0.717, 1.165) is 5.56 Å². The zero-order valence-corrected chi connectivity index (χ0v) is 11.4. The van der Waals surface area contributed by atoms with Crippen molar-refractivity contribution in [3.8, 4) is 0 Å². The van der Waals surface area contributed by atoms with Crippen LogP contribution in [0.1, 0.15) is 12.0 Å². The van der Waals surface area contributed by atoms with Crippen LogP contribution in [0.5, 0.6) is 0 Å². The number of nitrogens with one attached hydrogen (secondary N) is 1. The Balaban J connectivity index is 2.75. The summed E-state index contributed by atoms with van der Waals surface area (Å²) in [4.78, 5) is 25.2. The van der Waals surface area contributed by atoms with Gasteiger partial charge in [0.2, 0.25) is 11.8 Å². The molecule has 0 fully saturated rings. The predicted octanol–water partition coefficient (Wildman–Crippen LogP) is 0.151. The van der Waals surface area contributed by atoms with E-state index in [1.807, 2.05) is 30.3 Å². The summed E-state index contributed by atoms with van der Waals surface area (Å²) in [7, 11) is 3.35. The van der Waals surface area contributed by atoms with Crippen molar-refractivity contribution in [3.63, 3.8) is 0 Å². The maximum Gasteiger partial charge on any atom is 0.244 e. The molecule has 0 spiro atoms. The largest absolute Gasteiger partial charge is 0.347 e. The summed E-state index contributed by atoms with van der Waals surface area (Å²) in [5.41, 5.74) is 6.35. The Bertz CT molecular complexity index is 418. The van der Waals surface area contributed by atoms with Gasteiger partial charge >= 0.3 is 0 Å². The Labute approximate surface area is 113 Å². The van der Waals surface area contributed by atoms with Crippen LogP contribution in [-0.2, 0) is 16.0 Å².